The van der Waals surface area contributed by atoms with E-state index in [1.165, 1.54) is 57.5 Å². The number of hydrogen-bond acceptors (Lipinski definition) is 7. The summed E-state index contributed by atoms with van der Waals surface area (Å²) in [6.07, 6.45) is -1.27. The van der Waals surface area contributed by atoms with Gasteiger partial charge in [-0.05, 0) is 49.7 Å². The molecule has 1 unspecified atom stereocenters. The monoisotopic (exact) mass is 634 g/mol. The van der Waals surface area contributed by atoms with Crippen molar-refractivity contribution in [3.05, 3.63) is 73.7 Å². The van der Waals surface area contributed by atoms with Crippen LogP contribution in [0.1, 0.15) is 22.8 Å². The van der Waals surface area contributed by atoms with Gasteiger partial charge in [-0.15, -0.1) is 0 Å². The maximum Gasteiger partial charge on any atom is 0.338 e. The fourth-order valence-corrected chi connectivity index (χ4v) is 5.46. The second kappa shape index (κ2) is 12.5. The van der Waals surface area contributed by atoms with Gasteiger partial charge < -0.3 is 19.5 Å². The highest BCUT2D eigenvalue weighted by atomic mass is 35.5. The Hall–Kier alpha value is -2.89. The number of amides is 1. The number of benzene rings is 3. The Morgan fingerprint density at radius 3 is 2.08 bits per heavy atom. The van der Waals surface area contributed by atoms with E-state index in [0.717, 1.165) is 6.07 Å². The first-order valence-corrected chi connectivity index (χ1v) is 14.0. The van der Waals surface area contributed by atoms with Crippen LogP contribution in [0.4, 0.5) is 11.4 Å². The van der Waals surface area contributed by atoms with Gasteiger partial charge in [0.1, 0.15) is 11.5 Å². The van der Waals surface area contributed by atoms with Crippen molar-refractivity contribution in [1.29, 1.82) is 0 Å². The van der Waals surface area contributed by atoms with Crippen LogP contribution in [-0.2, 0) is 19.6 Å². The van der Waals surface area contributed by atoms with Crippen LogP contribution in [0.5, 0.6) is 11.5 Å². The second-order valence-corrected chi connectivity index (χ2v) is 11.3. The van der Waals surface area contributed by atoms with Gasteiger partial charge in [-0.25, -0.2) is 13.2 Å². The van der Waals surface area contributed by atoms with Crippen LogP contribution in [-0.4, -0.2) is 40.6 Å². The molecule has 9 nitrogen and oxygen atoms in total. The minimum atomic E-state index is -4.22. The van der Waals surface area contributed by atoms with E-state index < -0.39 is 28.0 Å². The minimum absolute atomic E-state index is 0.0573. The molecule has 39 heavy (non-hydrogen) atoms. The molecule has 14 heteroatoms. The molecule has 0 bridgehead atoms. The van der Waals surface area contributed by atoms with Gasteiger partial charge in [0.25, 0.3) is 15.9 Å². The zero-order valence-electron chi connectivity index (χ0n) is 20.9. The van der Waals surface area contributed by atoms with Crippen molar-refractivity contribution in [3.8, 4) is 11.5 Å². The van der Waals surface area contributed by atoms with E-state index in [4.69, 9.17) is 60.6 Å². The number of esters is 1. The van der Waals surface area contributed by atoms with Gasteiger partial charge >= 0.3 is 5.97 Å². The molecule has 2 N–H and O–H groups in total. The summed E-state index contributed by atoms with van der Waals surface area (Å²) in [5.41, 5.74) is 0.468. The molecule has 0 heterocycles. The summed E-state index contributed by atoms with van der Waals surface area (Å²) in [5, 5.41) is 3.15. The normalized spacial score (nSPS) is 11.9. The van der Waals surface area contributed by atoms with Crippen molar-refractivity contribution < 1.29 is 32.2 Å². The molecular formula is C25H22Cl4N2O7S. The number of methoxy groups -OCH3 is 2. The topological polar surface area (TPSA) is 120 Å². The van der Waals surface area contributed by atoms with Crippen molar-refractivity contribution in [2.75, 3.05) is 24.3 Å². The van der Waals surface area contributed by atoms with E-state index in [2.05, 4.69) is 10.0 Å². The van der Waals surface area contributed by atoms with Gasteiger partial charge in [0, 0.05) is 6.07 Å². The molecule has 3 aromatic rings. The Labute approximate surface area is 245 Å². The van der Waals surface area contributed by atoms with E-state index in [0.29, 0.717) is 5.56 Å². The molecule has 0 spiro atoms. The van der Waals surface area contributed by atoms with E-state index >= 15 is 0 Å². The number of anilines is 2. The molecule has 0 aliphatic carbocycles. The van der Waals surface area contributed by atoms with Crippen molar-refractivity contribution in [1.82, 2.24) is 0 Å². The van der Waals surface area contributed by atoms with Crippen molar-refractivity contribution in [3.63, 3.8) is 0 Å². The number of carbonyl (C=O) groups excluding carboxylic acids is 2. The smallest absolute Gasteiger partial charge is 0.338 e. The summed E-state index contributed by atoms with van der Waals surface area (Å²) in [6.45, 7) is 2.89. The summed E-state index contributed by atoms with van der Waals surface area (Å²) in [6, 6.07) is 9.43. The van der Waals surface area contributed by atoms with E-state index in [1.54, 1.807) is 6.92 Å². The van der Waals surface area contributed by atoms with Crippen LogP contribution in [0.15, 0.2) is 47.4 Å². The Bertz CT molecular complexity index is 1550. The Balaban J connectivity index is 1.81. The zero-order chi connectivity index (χ0) is 29.1. The molecule has 208 valence electrons. The summed E-state index contributed by atoms with van der Waals surface area (Å²) >= 11 is 24.1. The van der Waals surface area contributed by atoms with E-state index in [-0.39, 0.29) is 53.4 Å². The van der Waals surface area contributed by atoms with Gasteiger partial charge in [-0.3, -0.25) is 9.52 Å². The summed E-state index contributed by atoms with van der Waals surface area (Å²) in [7, 11) is -1.46. The summed E-state index contributed by atoms with van der Waals surface area (Å²) in [4.78, 5) is 25.2. The standard InChI is InChI=1S/C25H22Cl4N2O7S/c1-12-5-6-14(25(33)38-13(2)24(32)30-19-9-16(27)15(26)8-17(19)28)7-23(12)39(34,35)31-20-10-18(29)21(36-3)11-22(20)37-4/h5-11,13,31H,1-4H3,(H,30,32). The van der Waals surface area contributed by atoms with Crippen LogP contribution < -0.4 is 19.5 Å². The summed E-state index contributed by atoms with van der Waals surface area (Å²) in [5.74, 6) is -1.18. The molecule has 0 aliphatic rings. The predicted octanol–water partition coefficient (Wildman–Crippen LogP) is 6.61. The lowest BCUT2D eigenvalue weighted by Gasteiger charge is -2.17. The quantitative estimate of drug-likeness (QED) is 0.200. The maximum atomic E-state index is 13.3. The fourth-order valence-electron chi connectivity index (χ4n) is 3.29. The average molecular weight is 636 g/mol. The van der Waals surface area contributed by atoms with E-state index in [9.17, 15) is 18.0 Å². The third-order valence-corrected chi connectivity index (χ3v) is 8.19. The number of nitrogens with one attached hydrogen (secondary N) is 2. The number of carbonyl (C=O) groups is 2. The highest BCUT2D eigenvalue weighted by molar-refractivity contribution is 7.92. The minimum Gasteiger partial charge on any atom is -0.495 e. The molecule has 0 aliphatic heterocycles. The first kappa shape index (κ1) is 30.6. The van der Waals surface area contributed by atoms with Gasteiger partial charge in [-0.1, -0.05) is 52.5 Å². The Morgan fingerprint density at radius 2 is 1.44 bits per heavy atom. The van der Waals surface area contributed by atoms with Crippen molar-refractivity contribution >= 4 is 79.7 Å². The average Bonchev–Trinajstić information content (AvgIpc) is 2.87. The molecule has 1 atom stereocenters. The molecule has 0 fully saturated rings. The number of ether oxygens (including phenoxy) is 3. The van der Waals surface area contributed by atoms with Crippen LogP contribution in [0.25, 0.3) is 0 Å². The number of rotatable bonds is 9. The first-order chi connectivity index (χ1) is 18.3. The van der Waals surface area contributed by atoms with Crippen molar-refractivity contribution in [2.45, 2.75) is 24.8 Å². The van der Waals surface area contributed by atoms with Gasteiger partial charge in [0.15, 0.2) is 6.10 Å². The van der Waals surface area contributed by atoms with Gasteiger partial charge in [-0.2, -0.15) is 0 Å². The molecule has 0 saturated carbocycles. The molecule has 3 rings (SSSR count). The van der Waals surface area contributed by atoms with Gasteiger partial charge in [0.05, 0.1) is 56.1 Å². The molecular weight excluding hydrogens is 614 g/mol. The largest absolute Gasteiger partial charge is 0.495 e. The number of sulfonamides is 1. The van der Waals surface area contributed by atoms with Gasteiger partial charge in [0.2, 0.25) is 0 Å². The van der Waals surface area contributed by atoms with Crippen molar-refractivity contribution in [2.24, 2.45) is 0 Å². The Kier molecular flexibility index (Phi) is 9.84. The van der Waals surface area contributed by atoms with Crippen LogP contribution in [0, 0.1) is 6.92 Å². The van der Waals surface area contributed by atoms with E-state index in [1.807, 2.05) is 0 Å². The number of aryl methyl sites for hydroxylation is 1. The van der Waals surface area contributed by atoms with Crippen LogP contribution in [0.3, 0.4) is 0 Å². The first-order valence-electron chi connectivity index (χ1n) is 11.0. The highest BCUT2D eigenvalue weighted by Crippen LogP contribution is 2.37. The molecule has 0 aromatic heterocycles. The van der Waals surface area contributed by atoms with Crippen LogP contribution in [0.2, 0.25) is 20.1 Å². The lowest BCUT2D eigenvalue weighted by Crippen LogP contribution is -2.30. The number of hydrogen-bond donors (Lipinski definition) is 2. The molecule has 0 radical (unpaired) electrons. The third kappa shape index (κ3) is 7.20. The Morgan fingerprint density at radius 1 is 0.821 bits per heavy atom. The molecule has 3 aromatic carbocycles. The lowest BCUT2D eigenvalue weighted by molar-refractivity contribution is -0.123. The third-order valence-electron chi connectivity index (χ3n) is 5.35. The molecule has 1 amide bonds. The molecule has 0 saturated heterocycles. The van der Waals surface area contributed by atoms with Crippen LogP contribution >= 0.6 is 46.4 Å². The highest BCUT2D eigenvalue weighted by Gasteiger charge is 2.25. The fraction of sp³-hybridized carbons (Fsp3) is 0.200. The predicted molar refractivity (Wildman–Crippen MR) is 152 cm³/mol. The lowest BCUT2D eigenvalue weighted by atomic mass is 10.1. The SMILES string of the molecule is COc1cc(OC)c(NS(=O)(=O)c2cc(C(=O)OC(C)C(=O)Nc3cc(Cl)c(Cl)cc3Cl)ccc2C)cc1Cl. The number of halogens is 4. The zero-order valence-corrected chi connectivity index (χ0v) is 24.7. The maximum absolute atomic E-state index is 13.3. The second-order valence-electron chi connectivity index (χ2n) is 8.06. The summed E-state index contributed by atoms with van der Waals surface area (Å²) < 4.78 is 44.6.